The van der Waals surface area contributed by atoms with Crippen molar-refractivity contribution in [2.75, 3.05) is 26.8 Å². The summed E-state index contributed by atoms with van der Waals surface area (Å²) in [6, 6.07) is -0.174. The molecule has 1 spiro atoms. The molecule has 3 heterocycles. The van der Waals surface area contributed by atoms with Crippen LogP contribution in [-0.2, 0) is 21.5 Å². The van der Waals surface area contributed by atoms with Gasteiger partial charge in [-0.2, -0.15) is 0 Å². The zero-order valence-electron chi connectivity index (χ0n) is 12.8. The van der Waals surface area contributed by atoms with Gasteiger partial charge in [-0.25, -0.2) is 4.98 Å². The van der Waals surface area contributed by atoms with E-state index in [9.17, 15) is 4.79 Å². The van der Waals surface area contributed by atoms with Gasteiger partial charge in [-0.15, -0.1) is 0 Å². The quantitative estimate of drug-likeness (QED) is 0.864. The summed E-state index contributed by atoms with van der Waals surface area (Å²) in [5, 5.41) is 3.60. The predicted molar refractivity (Wildman–Crippen MR) is 78.9 cm³/mol. The lowest BCUT2D eigenvalue weighted by atomic mass is 9.80. The van der Waals surface area contributed by atoms with Crippen molar-refractivity contribution < 1.29 is 9.53 Å². The number of hydrogen-bond donors (Lipinski definition) is 2. The Hall–Kier alpha value is -1.40. The summed E-state index contributed by atoms with van der Waals surface area (Å²) in [6.07, 6.45) is 5.14. The maximum Gasteiger partial charge on any atom is 0.239 e. The maximum absolute atomic E-state index is 12.6. The molecular weight excluding hydrogens is 268 g/mol. The molecule has 2 aliphatic heterocycles. The van der Waals surface area contributed by atoms with Crippen LogP contribution in [0.25, 0.3) is 0 Å². The molecule has 21 heavy (non-hydrogen) atoms. The number of fused-ring (bicyclic) bond motifs is 2. The number of carbonyl (C=O) groups is 1. The van der Waals surface area contributed by atoms with Gasteiger partial charge in [-0.1, -0.05) is 6.92 Å². The van der Waals surface area contributed by atoms with E-state index in [0.29, 0.717) is 19.6 Å². The largest absolute Gasteiger partial charge is 0.381 e. The Morgan fingerprint density at radius 1 is 1.52 bits per heavy atom. The van der Waals surface area contributed by atoms with Crippen LogP contribution in [0.15, 0.2) is 6.33 Å². The van der Waals surface area contributed by atoms with Crippen molar-refractivity contribution >= 4 is 5.91 Å². The second kappa shape index (κ2) is 5.77. The molecule has 0 bridgehead atoms. The first-order valence-electron chi connectivity index (χ1n) is 7.79. The van der Waals surface area contributed by atoms with E-state index in [1.807, 2.05) is 11.9 Å². The molecule has 6 heteroatoms. The summed E-state index contributed by atoms with van der Waals surface area (Å²) in [4.78, 5) is 22.2. The molecule has 1 amide bonds. The number of H-pyrrole nitrogens is 1. The summed E-state index contributed by atoms with van der Waals surface area (Å²) in [7, 11) is 1.88. The third-order valence-corrected chi connectivity index (χ3v) is 4.61. The molecule has 116 valence electrons. The Kier molecular flexibility index (Phi) is 3.99. The molecule has 1 fully saturated rings. The lowest BCUT2D eigenvalue weighted by molar-refractivity contribution is -0.133. The number of rotatable bonds is 3. The van der Waals surface area contributed by atoms with E-state index in [4.69, 9.17) is 4.74 Å². The summed E-state index contributed by atoms with van der Waals surface area (Å²) in [5.41, 5.74) is 1.96. The van der Waals surface area contributed by atoms with E-state index in [2.05, 4.69) is 22.2 Å². The van der Waals surface area contributed by atoms with E-state index in [0.717, 1.165) is 37.2 Å². The molecule has 3 rings (SSSR count). The summed E-state index contributed by atoms with van der Waals surface area (Å²) < 4.78 is 5.50. The normalized spacial score (nSPS) is 23.8. The highest BCUT2D eigenvalue weighted by atomic mass is 16.5. The third-order valence-electron chi connectivity index (χ3n) is 4.61. The van der Waals surface area contributed by atoms with Crippen molar-refractivity contribution in [1.29, 1.82) is 0 Å². The summed E-state index contributed by atoms with van der Waals surface area (Å²) >= 11 is 0. The van der Waals surface area contributed by atoms with E-state index < -0.39 is 0 Å². The minimum Gasteiger partial charge on any atom is -0.381 e. The average Bonchev–Trinajstić information content (AvgIpc) is 2.97. The number of aromatic amines is 1. The van der Waals surface area contributed by atoms with Gasteiger partial charge < -0.3 is 14.6 Å². The highest BCUT2D eigenvalue weighted by Crippen LogP contribution is 2.36. The molecule has 6 nitrogen and oxygen atoms in total. The molecule has 1 aromatic rings. The monoisotopic (exact) mass is 292 g/mol. The lowest BCUT2D eigenvalue weighted by Gasteiger charge is -2.43. The number of imidazole rings is 1. The highest BCUT2D eigenvalue weighted by molar-refractivity contribution is 5.82. The second-order valence-corrected chi connectivity index (χ2v) is 6.09. The van der Waals surface area contributed by atoms with Gasteiger partial charge in [0.15, 0.2) is 0 Å². The molecular formula is C15H24N4O2. The first kappa shape index (κ1) is 14.5. The highest BCUT2D eigenvalue weighted by Gasteiger charge is 2.45. The van der Waals surface area contributed by atoms with Crippen LogP contribution in [0.4, 0.5) is 0 Å². The van der Waals surface area contributed by atoms with Gasteiger partial charge >= 0.3 is 0 Å². The van der Waals surface area contributed by atoms with Crippen LogP contribution in [0.2, 0.25) is 0 Å². The van der Waals surface area contributed by atoms with Crippen LogP contribution >= 0.6 is 0 Å². The van der Waals surface area contributed by atoms with Gasteiger partial charge in [-0.05, 0) is 19.3 Å². The van der Waals surface area contributed by atoms with Gasteiger partial charge in [0, 0.05) is 38.9 Å². The molecule has 2 aliphatic rings. The minimum atomic E-state index is -0.209. The first-order valence-corrected chi connectivity index (χ1v) is 7.79. The number of hydrogen-bond acceptors (Lipinski definition) is 4. The molecule has 0 radical (unpaired) electrons. The number of carbonyl (C=O) groups excluding carboxylic acids is 1. The molecule has 2 N–H and O–H groups in total. The first-order chi connectivity index (χ1) is 10.2. The SMILES string of the molecule is CCCN(C)C(=O)[C@@H]1Cc2[nH]cnc2C2(CCOCC2)N1. The number of ether oxygens (including phenoxy) is 1. The van der Waals surface area contributed by atoms with Crippen molar-refractivity contribution in [2.45, 2.75) is 44.2 Å². The average molecular weight is 292 g/mol. The number of nitrogens with one attached hydrogen (secondary N) is 2. The van der Waals surface area contributed by atoms with Crippen molar-refractivity contribution in [3.05, 3.63) is 17.7 Å². The number of aromatic nitrogens is 2. The molecule has 1 atom stereocenters. The van der Waals surface area contributed by atoms with Crippen molar-refractivity contribution in [3.8, 4) is 0 Å². The number of likely N-dealkylation sites (N-methyl/N-ethyl adjacent to an activating group) is 1. The van der Waals surface area contributed by atoms with Crippen molar-refractivity contribution in [2.24, 2.45) is 0 Å². The Morgan fingerprint density at radius 2 is 2.29 bits per heavy atom. The number of nitrogens with zero attached hydrogens (tertiary/aromatic N) is 2. The van der Waals surface area contributed by atoms with Gasteiger partial charge in [-0.3, -0.25) is 10.1 Å². The Balaban J connectivity index is 1.85. The number of amides is 1. The molecule has 0 unspecified atom stereocenters. The van der Waals surface area contributed by atoms with Crippen molar-refractivity contribution in [1.82, 2.24) is 20.2 Å². The van der Waals surface area contributed by atoms with E-state index in [1.165, 1.54) is 0 Å². The smallest absolute Gasteiger partial charge is 0.239 e. The van der Waals surface area contributed by atoms with Crippen LogP contribution < -0.4 is 5.32 Å². The topological polar surface area (TPSA) is 70.2 Å². The van der Waals surface area contributed by atoms with E-state index >= 15 is 0 Å². The Labute approximate surface area is 125 Å². The standard InChI is InChI=1S/C15H24N4O2/c1-3-6-19(2)14(20)12-9-11-13(17-10-16-11)15(18-12)4-7-21-8-5-15/h10,12,18H,3-9H2,1-2H3,(H,16,17)/t12-/m0/s1. The van der Waals surface area contributed by atoms with Gasteiger partial charge in [0.1, 0.15) is 0 Å². The van der Waals surface area contributed by atoms with Crippen LogP contribution in [0.3, 0.4) is 0 Å². The van der Waals surface area contributed by atoms with Crippen molar-refractivity contribution in [3.63, 3.8) is 0 Å². The molecule has 0 aliphatic carbocycles. The second-order valence-electron chi connectivity index (χ2n) is 6.09. The molecule has 1 aromatic heterocycles. The lowest BCUT2D eigenvalue weighted by Crippen LogP contribution is -2.60. The van der Waals surface area contributed by atoms with Crippen LogP contribution in [0, 0.1) is 0 Å². The summed E-state index contributed by atoms with van der Waals surface area (Å²) in [5.74, 6) is 0.169. The van der Waals surface area contributed by atoms with Gasteiger partial charge in [0.05, 0.1) is 23.6 Å². The molecule has 0 saturated carbocycles. The minimum absolute atomic E-state index is 0.169. The van der Waals surface area contributed by atoms with Crippen LogP contribution in [0.1, 0.15) is 37.6 Å². The van der Waals surface area contributed by atoms with Gasteiger partial charge in [0.2, 0.25) is 5.91 Å². The van der Waals surface area contributed by atoms with Crippen LogP contribution in [-0.4, -0.2) is 53.6 Å². The van der Waals surface area contributed by atoms with E-state index in [1.54, 1.807) is 6.33 Å². The zero-order valence-corrected chi connectivity index (χ0v) is 12.8. The fraction of sp³-hybridized carbons (Fsp3) is 0.733. The summed E-state index contributed by atoms with van der Waals surface area (Å²) in [6.45, 7) is 4.31. The zero-order chi connectivity index (χ0) is 14.9. The predicted octanol–water partition coefficient (Wildman–Crippen LogP) is 0.798. The maximum atomic E-state index is 12.6. The third kappa shape index (κ3) is 2.58. The molecule has 0 aromatic carbocycles. The van der Waals surface area contributed by atoms with E-state index in [-0.39, 0.29) is 17.5 Å². The Bertz CT molecular complexity index is 508. The van der Waals surface area contributed by atoms with Gasteiger partial charge in [0.25, 0.3) is 0 Å². The van der Waals surface area contributed by atoms with Crippen LogP contribution in [0.5, 0.6) is 0 Å². The fourth-order valence-corrected chi connectivity index (χ4v) is 3.51. The fourth-order valence-electron chi connectivity index (χ4n) is 3.51. The Morgan fingerprint density at radius 3 is 3.00 bits per heavy atom. The molecule has 1 saturated heterocycles.